The molecule has 3 N–H and O–H groups in total. The van der Waals surface area contributed by atoms with E-state index in [1.165, 1.54) is 18.2 Å². The fraction of sp³-hybridized carbons (Fsp3) is 0.0400. The van der Waals surface area contributed by atoms with Gasteiger partial charge in [0.15, 0.2) is 0 Å². The van der Waals surface area contributed by atoms with Gasteiger partial charge in [-0.1, -0.05) is 53.5 Å². The number of halogens is 3. The highest BCUT2D eigenvalue weighted by Gasteiger charge is 2.27. The molecule has 4 aromatic rings. The second-order valence-corrected chi connectivity index (χ2v) is 8.25. The molecular weight excluding hydrogens is 466 g/mol. The molecule has 0 fully saturated rings. The first kappa shape index (κ1) is 22.6. The zero-order valence-electron chi connectivity index (χ0n) is 17.3. The van der Waals surface area contributed by atoms with Crippen LogP contribution in [0, 0.1) is 12.7 Å². The summed E-state index contributed by atoms with van der Waals surface area (Å²) in [7, 11) is 0. The first-order valence-corrected chi connectivity index (χ1v) is 10.5. The molecule has 0 saturated carbocycles. The summed E-state index contributed by atoms with van der Waals surface area (Å²) in [6.07, 6.45) is 0. The number of benzene rings is 3. The molecule has 1 amide bonds. The molecule has 0 bridgehead atoms. The van der Waals surface area contributed by atoms with E-state index in [-0.39, 0.29) is 21.8 Å². The fourth-order valence-corrected chi connectivity index (χ4v) is 4.34. The van der Waals surface area contributed by atoms with Crippen LogP contribution in [0.25, 0.3) is 28.2 Å². The lowest BCUT2D eigenvalue weighted by Crippen LogP contribution is -2.17. The Balaban J connectivity index is 2.21. The van der Waals surface area contributed by atoms with Crippen LogP contribution in [0.1, 0.15) is 26.3 Å². The van der Waals surface area contributed by atoms with Gasteiger partial charge in [0.05, 0.1) is 33.2 Å². The number of aromatic carboxylic acids is 1. The molecule has 3 aromatic carbocycles. The maximum absolute atomic E-state index is 13.9. The maximum Gasteiger partial charge on any atom is 0.337 e. The van der Waals surface area contributed by atoms with Crippen LogP contribution in [-0.2, 0) is 0 Å². The highest BCUT2D eigenvalue weighted by molar-refractivity contribution is 6.31. The van der Waals surface area contributed by atoms with Crippen molar-refractivity contribution in [3.63, 3.8) is 0 Å². The van der Waals surface area contributed by atoms with Crippen LogP contribution in [-0.4, -0.2) is 21.6 Å². The quantitative estimate of drug-likeness (QED) is 0.346. The number of aryl methyl sites for hydroxylation is 1. The number of amides is 1. The average molecular weight is 483 g/mol. The lowest BCUT2D eigenvalue weighted by molar-refractivity contribution is 0.0697. The van der Waals surface area contributed by atoms with Crippen molar-refractivity contribution in [1.29, 1.82) is 0 Å². The summed E-state index contributed by atoms with van der Waals surface area (Å²) in [5, 5.41) is 10.2. The third kappa shape index (κ3) is 4.11. The first-order chi connectivity index (χ1) is 15.7. The second-order valence-electron chi connectivity index (χ2n) is 7.41. The van der Waals surface area contributed by atoms with Gasteiger partial charge in [0.25, 0.3) is 5.91 Å². The minimum absolute atomic E-state index is 0.0652. The summed E-state index contributed by atoms with van der Waals surface area (Å²) < 4.78 is 15.5. The Kier molecular flexibility index (Phi) is 5.97. The molecule has 0 aliphatic heterocycles. The average Bonchev–Trinajstić information content (AvgIpc) is 3.16. The van der Waals surface area contributed by atoms with Crippen molar-refractivity contribution in [2.45, 2.75) is 6.92 Å². The van der Waals surface area contributed by atoms with E-state index >= 15 is 0 Å². The van der Waals surface area contributed by atoms with Crippen molar-refractivity contribution in [3.8, 4) is 28.2 Å². The van der Waals surface area contributed by atoms with Crippen molar-refractivity contribution in [2.75, 3.05) is 0 Å². The van der Waals surface area contributed by atoms with E-state index < -0.39 is 17.7 Å². The van der Waals surface area contributed by atoms with Crippen LogP contribution < -0.4 is 5.73 Å². The normalized spacial score (nSPS) is 10.9. The third-order valence-electron chi connectivity index (χ3n) is 5.26. The van der Waals surface area contributed by atoms with Crippen LogP contribution in [0.2, 0.25) is 10.0 Å². The van der Waals surface area contributed by atoms with E-state index in [4.69, 9.17) is 28.9 Å². The Morgan fingerprint density at radius 1 is 0.970 bits per heavy atom. The molecule has 1 heterocycles. The highest BCUT2D eigenvalue weighted by Crippen LogP contribution is 2.39. The highest BCUT2D eigenvalue weighted by atomic mass is 35.5. The zero-order valence-corrected chi connectivity index (χ0v) is 18.8. The number of hydrogen-bond acceptors (Lipinski definition) is 2. The smallest absolute Gasteiger partial charge is 0.337 e. The first-order valence-electron chi connectivity index (χ1n) is 9.79. The van der Waals surface area contributed by atoms with Crippen molar-refractivity contribution in [3.05, 3.63) is 99.3 Å². The fourth-order valence-electron chi connectivity index (χ4n) is 3.90. The van der Waals surface area contributed by atoms with Gasteiger partial charge in [0.1, 0.15) is 5.82 Å². The molecule has 0 saturated heterocycles. The summed E-state index contributed by atoms with van der Waals surface area (Å²) in [6.45, 7) is 1.69. The minimum atomic E-state index is -1.21. The van der Waals surface area contributed by atoms with E-state index in [2.05, 4.69) is 0 Å². The van der Waals surface area contributed by atoms with Crippen molar-refractivity contribution in [2.24, 2.45) is 5.73 Å². The summed E-state index contributed by atoms with van der Waals surface area (Å²) in [4.78, 5) is 24.7. The molecule has 0 radical (unpaired) electrons. The summed E-state index contributed by atoms with van der Waals surface area (Å²) >= 11 is 12.4. The van der Waals surface area contributed by atoms with Gasteiger partial charge in [-0.25, -0.2) is 9.18 Å². The third-order valence-corrected chi connectivity index (χ3v) is 5.77. The summed E-state index contributed by atoms with van der Waals surface area (Å²) in [5.41, 5.74) is 8.36. The molecule has 8 heteroatoms. The predicted octanol–water partition coefficient (Wildman–Crippen LogP) is 6.36. The van der Waals surface area contributed by atoms with E-state index in [0.29, 0.717) is 33.1 Å². The van der Waals surface area contributed by atoms with Crippen LogP contribution in [0.5, 0.6) is 0 Å². The Labute approximate surface area is 198 Å². The second kappa shape index (κ2) is 8.73. The standard InChI is InChI=1S/C25H17Cl2FN2O3/c1-13-9-16(26)11-21(22(13)24(29)31)30-20(14-5-3-2-4-6-14)12-17(25(32)33)23(30)15-7-8-19(28)18(27)10-15/h2-12H,1H3,(H2,29,31)(H,32,33). The number of nitrogens with zero attached hydrogens (tertiary/aromatic N) is 1. The molecule has 0 aliphatic rings. The summed E-state index contributed by atoms with van der Waals surface area (Å²) in [6, 6.07) is 17.6. The minimum Gasteiger partial charge on any atom is -0.478 e. The van der Waals surface area contributed by atoms with Crippen LogP contribution in [0.15, 0.2) is 66.7 Å². The number of rotatable bonds is 5. The number of carboxylic acids is 1. The molecule has 4 rings (SSSR count). The SMILES string of the molecule is Cc1cc(Cl)cc(-n2c(-c3ccccc3)cc(C(=O)O)c2-c2ccc(F)c(Cl)c2)c1C(N)=O. The van der Waals surface area contributed by atoms with E-state index in [0.717, 1.165) is 6.07 Å². The van der Waals surface area contributed by atoms with Crippen LogP contribution in [0.4, 0.5) is 4.39 Å². The molecule has 33 heavy (non-hydrogen) atoms. The summed E-state index contributed by atoms with van der Waals surface area (Å²) in [5.74, 6) is -2.55. The van der Waals surface area contributed by atoms with Gasteiger partial charge in [-0.05, 0) is 54.4 Å². The number of hydrogen-bond donors (Lipinski definition) is 2. The van der Waals surface area contributed by atoms with E-state index in [1.54, 1.807) is 47.9 Å². The van der Waals surface area contributed by atoms with Gasteiger partial charge in [0, 0.05) is 10.6 Å². The largest absolute Gasteiger partial charge is 0.478 e. The van der Waals surface area contributed by atoms with Crippen LogP contribution >= 0.6 is 23.2 Å². The number of primary amides is 1. The number of nitrogens with two attached hydrogens (primary N) is 1. The van der Waals surface area contributed by atoms with Crippen molar-refractivity contribution >= 4 is 35.1 Å². The van der Waals surface area contributed by atoms with E-state index in [1.807, 2.05) is 6.07 Å². The van der Waals surface area contributed by atoms with Crippen LogP contribution in [0.3, 0.4) is 0 Å². The Bertz CT molecular complexity index is 1420. The van der Waals surface area contributed by atoms with Gasteiger partial charge < -0.3 is 15.4 Å². The topological polar surface area (TPSA) is 85.3 Å². The molecule has 0 aliphatic carbocycles. The Hall–Kier alpha value is -3.61. The lowest BCUT2D eigenvalue weighted by Gasteiger charge is -2.19. The molecule has 0 atom stereocenters. The van der Waals surface area contributed by atoms with Gasteiger partial charge in [-0.15, -0.1) is 0 Å². The van der Waals surface area contributed by atoms with Gasteiger partial charge in [-0.3, -0.25) is 4.79 Å². The molecule has 1 aromatic heterocycles. The number of aromatic nitrogens is 1. The molecule has 0 spiro atoms. The number of carbonyl (C=O) groups is 2. The molecular formula is C25H17Cl2FN2O3. The lowest BCUT2D eigenvalue weighted by atomic mass is 10.0. The van der Waals surface area contributed by atoms with Gasteiger partial charge in [-0.2, -0.15) is 0 Å². The van der Waals surface area contributed by atoms with E-state index in [9.17, 15) is 19.1 Å². The molecule has 0 unspecified atom stereocenters. The number of carboxylic acid groups (broad SMARTS) is 1. The zero-order chi connectivity index (χ0) is 23.9. The van der Waals surface area contributed by atoms with Crippen molar-refractivity contribution in [1.82, 2.24) is 4.57 Å². The molecule has 5 nitrogen and oxygen atoms in total. The van der Waals surface area contributed by atoms with Gasteiger partial charge in [0.2, 0.25) is 0 Å². The Morgan fingerprint density at radius 3 is 2.27 bits per heavy atom. The number of carbonyl (C=O) groups excluding carboxylic acids is 1. The van der Waals surface area contributed by atoms with Gasteiger partial charge >= 0.3 is 5.97 Å². The molecule has 166 valence electrons. The predicted molar refractivity (Wildman–Crippen MR) is 127 cm³/mol. The maximum atomic E-state index is 13.9. The Morgan fingerprint density at radius 2 is 1.67 bits per heavy atom. The monoisotopic (exact) mass is 482 g/mol. The van der Waals surface area contributed by atoms with Crippen molar-refractivity contribution < 1.29 is 19.1 Å².